The van der Waals surface area contributed by atoms with E-state index in [1.54, 1.807) is 12.1 Å². The number of rotatable bonds is 5. The van der Waals surface area contributed by atoms with Gasteiger partial charge < -0.3 is 10.6 Å². The fourth-order valence-electron chi connectivity index (χ4n) is 3.38. The van der Waals surface area contributed by atoms with Crippen LogP contribution in [0.1, 0.15) is 41.6 Å². The summed E-state index contributed by atoms with van der Waals surface area (Å²) in [7, 11) is -3.54. The van der Waals surface area contributed by atoms with Gasteiger partial charge in [0.15, 0.2) is 0 Å². The monoisotopic (exact) mass is 413 g/mol. The van der Waals surface area contributed by atoms with Crippen molar-refractivity contribution in [2.24, 2.45) is 0 Å². The number of piperidine rings is 1. The molecule has 6 nitrogen and oxygen atoms in total. The molecule has 0 aliphatic carbocycles. The van der Waals surface area contributed by atoms with Crippen molar-refractivity contribution in [2.45, 2.75) is 37.5 Å². The van der Waals surface area contributed by atoms with Crippen LogP contribution in [-0.4, -0.2) is 51.4 Å². The molecule has 2 aliphatic heterocycles. The van der Waals surface area contributed by atoms with Gasteiger partial charge in [-0.3, -0.25) is 4.79 Å². The minimum Gasteiger partial charge on any atom is -0.348 e. The summed E-state index contributed by atoms with van der Waals surface area (Å²) in [6, 6.07) is 4.84. The molecular weight excluding hydrogens is 386 g/mol. The Morgan fingerprint density at radius 2 is 1.96 bits per heavy atom. The van der Waals surface area contributed by atoms with E-state index in [0.717, 1.165) is 44.3 Å². The highest BCUT2D eigenvalue weighted by Crippen LogP contribution is 2.23. The third-order valence-corrected chi connectivity index (χ3v) is 6.94. The maximum absolute atomic E-state index is 12.9. The molecule has 8 heteroatoms. The van der Waals surface area contributed by atoms with E-state index in [9.17, 15) is 13.2 Å². The number of carbonyl (C=O) groups excluding carboxylic acids is 1. The molecule has 1 amide bonds. The van der Waals surface area contributed by atoms with Gasteiger partial charge in [0.1, 0.15) is 0 Å². The third-order valence-electron chi connectivity index (χ3n) is 5.04. The highest BCUT2D eigenvalue weighted by Gasteiger charge is 2.27. The van der Waals surface area contributed by atoms with Gasteiger partial charge in [-0.25, -0.2) is 8.42 Å². The standard InChI is InChI=1S/C19H27N3O3S.ClH/c1-15-5-6-17(26(24,25)22-11-3-2-4-12-22)13-18(15)19(23)21-14-16-7-9-20-10-8-16;/h5-7,13,20H,2-4,8-12,14H2,1H3,(H,21,23);1H. The van der Waals surface area contributed by atoms with E-state index in [0.29, 0.717) is 25.2 Å². The van der Waals surface area contributed by atoms with E-state index in [1.807, 2.05) is 6.92 Å². The molecule has 0 spiro atoms. The van der Waals surface area contributed by atoms with Crippen molar-refractivity contribution in [3.8, 4) is 0 Å². The second kappa shape index (κ2) is 9.68. The van der Waals surface area contributed by atoms with Crippen LogP contribution in [-0.2, 0) is 10.0 Å². The Balaban J connectivity index is 0.00000261. The molecule has 1 aromatic carbocycles. The van der Waals surface area contributed by atoms with Gasteiger partial charge in [-0.15, -0.1) is 12.4 Å². The lowest BCUT2D eigenvalue weighted by molar-refractivity contribution is 0.0956. The number of hydrogen-bond acceptors (Lipinski definition) is 4. The van der Waals surface area contributed by atoms with E-state index < -0.39 is 10.0 Å². The second-order valence-corrected chi connectivity index (χ2v) is 8.88. The summed E-state index contributed by atoms with van der Waals surface area (Å²) in [4.78, 5) is 12.8. The quantitative estimate of drug-likeness (QED) is 0.725. The van der Waals surface area contributed by atoms with E-state index >= 15 is 0 Å². The first-order valence-electron chi connectivity index (χ1n) is 9.26. The Morgan fingerprint density at radius 3 is 2.63 bits per heavy atom. The van der Waals surface area contributed by atoms with Crippen molar-refractivity contribution in [1.82, 2.24) is 14.9 Å². The number of nitrogens with zero attached hydrogens (tertiary/aromatic N) is 1. The number of carbonyl (C=O) groups is 1. The molecule has 2 N–H and O–H groups in total. The minimum absolute atomic E-state index is 0. The Hall–Kier alpha value is -1.41. The number of hydrogen-bond donors (Lipinski definition) is 2. The van der Waals surface area contributed by atoms with Crippen molar-refractivity contribution in [3.05, 3.63) is 41.0 Å². The van der Waals surface area contributed by atoms with Gasteiger partial charge in [0.2, 0.25) is 10.0 Å². The van der Waals surface area contributed by atoms with Crippen LogP contribution in [0.25, 0.3) is 0 Å². The number of amides is 1. The predicted molar refractivity (Wildman–Crippen MR) is 109 cm³/mol. The van der Waals surface area contributed by atoms with Gasteiger partial charge in [-0.05, 0) is 50.4 Å². The predicted octanol–water partition coefficient (Wildman–Crippen LogP) is 2.24. The zero-order valence-corrected chi connectivity index (χ0v) is 17.3. The van der Waals surface area contributed by atoms with Crippen molar-refractivity contribution in [3.63, 3.8) is 0 Å². The topological polar surface area (TPSA) is 78.5 Å². The third kappa shape index (κ3) is 5.31. The van der Waals surface area contributed by atoms with Crippen LogP contribution in [0.4, 0.5) is 0 Å². The summed E-state index contributed by atoms with van der Waals surface area (Å²) in [5, 5.41) is 6.16. The van der Waals surface area contributed by atoms with Crippen molar-refractivity contribution in [1.29, 1.82) is 0 Å². The average Bonchev–Trinajstić information content (AvgIpc) is 2.68. The first-order chi connectivity index (χ1) is 12.5. The summed E-state index contributed by atoms with van der Waals surface area (Å²) in [5.74, 6) is -0.224. The SMILES string of the molecule is Cc1ccc(S(=O)(=O)N2CCCCC2)cc1C(=O)NCC1=CCNCC1.Cl. The Bertz CT molecular complexity index is 802. The normalized spacial score (nSPS) is 18.3. The Morgan fingerprint density at radius 1 is 1.22 bits per heavy atom. The summed E-state index contributed by atoms with van der Waals surface area (Å²) >= 11 is 0. The fourth-order valence-corrected chi connectivity index (χ4v) is 4.92. The Kier molecular flexibility index (Phi) is 7.85. The highest BCUT2D eigenvalue weighted by molar-refractivity contribution is 7.89. The van der Waals surface area contributed by atoms with Gasteiger partial charge in [0.05, 0.1) is 4.90 Å². The average molecular weight is 414 g/mol. The van der Waals surface area contributed by atoms with Gasteiger partial charge in [0, 0.05) is 31.7 Å². The van der Waals surface area contributed by atoms with Crippen LogP contribution < -0.4 is 10.6 Å². The van der Waals surface area contributed by atoms with Crippen molar-refractivity contribution >= 4 is 28.3 Å². The fraction of sp³-hybridized carbons (Fsp3) is 0.526. The highest BCUT2D eigenvalue weighted by atomic mass is 35.5. The molecule has 0 radical (unpaired) electrons. The maximum Gasteiger partial charge on any atom is 0.251 e. The zero-order chi connectivity index (χ0) is 18.6. The molecule has 1 fully saturated rings. The van der Waals surface area contributed by atoms with Crippen LogP contribution in [0.5, 0.6) is 0 Å². The lowest BCUT2D eigenvalue weighted by atomic mass is 10.1. The van der Waals surface area contributed by atoms with E-state index in [1.165, 1.54) is 15.9 Å². The largest absolute Gasteiger partial charge is 0.348 e. The van der Waals surface area contributed by atoms with Crippen LogP contribution in [0.2, 0.25) is 0 Å². The number of aryl methyl sites for hydroxylation is 1. The number of benzene rings is 1. The molecule has 2 aliphatic rings. The molecule has 0 atom stereocenters. The van der Waals surface area contributed by atoms with Gasteiger partial charge >= 0.3 is 0 Å². The smallest absolute Gasteiger partial charge is 0.251 e. The minimum atomic E-state index is -3.54. The van der Waals surface area contributed by atoms with Crippen LogP contribution in [0.15, 0.2) is 34.7 Å². The Labute approximate surface area is 167 Å². The number of nitrogens with one attached hydrogen (secondary N) is 2. The van der Waals surface area contributed by atoms with Crippen molar-refractivity contribution < 1.29 is 13.2 Å². The molecule has 0 aromatic heterocycles. The van der Waals surface area contributed by atoms with Crippen LogP contribution in [0.3, 0.4) is 0 Å². The van der Waals surface area contributed by atoms with Gasteiger partial charge in [-0.2, -0.15) is 4.31 Å². The molecule has 1 saturated heterocycles. The van der Waals surface area contributed by atoms with E-state index in [4.69, 9.17) is 0 Å². The van der Waals surface area contributed by atoms with Crippen molar-refractivity contribution in [2.75, 3.05) is 32.7 Å². The molecule has 0 bridgehead atoms. The van der Waals surface area contributed by atoms with Gasteiger partial charge in [-0.1, -0.05) is 24.1 Å². The number of halogens is 1. The van der Waals surface area contributed by atoms with E-state index in [2.05, 4.69) is 16.7 Å². The molecule has 0 saturated carbocycles. The van der Waals surface area contributed by atoms with Gasteiger partial charge in [0.25, 0.3) is 5.91 Å². The molecule has 0 unspecified atom stereocenters. The first kappa shape index (κ1) is 21.9. The molecule has 2 heterocycles. The summed E-state index contributed by atoms with van der Waals surface area (Å²) in [6.07, 6.45) is 5.86. The second-order valence-electron chi connectivity index (χ2n) is 6.94. The molecular formula is C19H28ClN3O3S. The molecule has 150 valence electrons. The lowest BCUT2D eigenvalue weighted by Gasteiger charge is -2.26. The molecule has 1 aromatic rings. The summed E-state index contributed by atoms with van der Waals surface area (Å²) < 4.78 is 27.2. The first-order valence-corrected chi connectivity index (χ1v) is 10.7. The number of sulfonamides is 1. The van der Waals surface area contributed by atoms with E-state index in [-0.39, 0.29) is 23.2 Å². The zero-order valence-electron chi connectivity index (χ0n) is 15.7. The lowest BCUT2D eigenvalue weighted by Crippen LogP contribution is -2.36. The molecule has 3 rings (SSSR count). The van der Waals surface area contributed by atoms with Crippen LogP contribution >= 0.6 is 12.4 Å². The molecule has 27 heavy (non-hydrogen) atoms. The maximum atomic E-state index is 12.9. The van der Waals surface area contributed by atoms with Crippen LogP contribution in [0, 0.1) is 6.92 Å². The summed E-state index contributed by atoms with van der Waals surface area (Å²) in [5.41, 5.74) is 2.41. The summed E-state index contributed by atoms with van der Waals surface area (Å²) in [6.45, 7) is 5.19.